The monoisotopic (exact) mass is 1360 g/mol. The second kappa shape index (κ2) is 29.5. The number of Topliss-reactive ketones (excluding diaryl/α,β-unsaturated/α-hetero) is 2. The van der Waals surface area contributed by atoms with Crippen molar-refractivity contribution in [2.24, 2.45) is 0 Å². The summed E-state index contributed by atoms with van der Waals surface area (Å²) in [5.74, 6) is 3.10. The topological polar surface area (TPSA) is 329 Å². The van der Waals surface area contributed by atoms with Crippen molar-refractivity contribution < 1.29 is 42.6 Å². The molecular formula is C74H72N18O9. The number of para-hydroxylation sites is 1. The van der Waals surface area contributed by atoms with Gasteiger partial charge in [0.25, 0.3) is 0 Å². The molecule has 101 heavy (non-hydrogen) atoms. The summed E-state index contributed by atoms with van der Waals surface area (Å²) >= 11 is 0. The Bertz CT molecular complexity index is 4700. The van der Waals surface area contributed by atoms with E-state index in [9.17, 15) is 15.0 Å². The molecule has 27 heteroatoms. The van der Waals surface area contributed by atoms with Crippen LogP contribution in [0.15, 0.2) is 178 Å². The van der Waals surface area contributed by atoms with Crippen molar-refractivity contribution in [2.45, 2.75) is 70.0 Å². The number of aliphatic hydroxyl groups excluding tert-OH is 2. The van der Waals surface area contributed by atoms with E-state index in [2.05, 4.69) is 41.5 Å². The number of ketones is 2. The molecule has 5 aromatic carbocycles. The molecule has 0 aliphatic carbocycles. The molecule has 7 N–H and O–H groups in total. The van der Waals surface area contributed by atoms with E-state index in [0.717, 1.165) is 63.5 Å². The summed E-state index contributed by atoms with van der Waals surface area (Å²) < 4.78 is 22.6. The second-order valence-electron chi connectivity index (χ2n) is 25.2. The maximum absolute atomic E-state index is 16.2. The van der Waals surface area contributed by atoms with Gasteiger partial charge in [0.1, 0.15) is 17.5 Å². The molecule has 6 aromatic heterocycles. The van der Waals surface area contributed by atoms with Gasteiger partial charge in [-0.25, -0.2) is 29.9 Å². The van der Waals surface area contributed by atoms with Gasteiger partial charge in [0, 0.05) is 140 Å². The van der Waals surface area contributed by atoms with Crippen LogP contribution in [0.3, 0.4) is 0 Å². The first-order valence-corrected chi connectivity index (χ1v) is 33.6. The van der Waals surface area contributed by atoms with E-state index in [4.69, 9.17) is 47.9 Å². The van der Waals surface area contributed by atoms with Gasteiger partial charge < -0.3 is 64.5 Å². The normalized spacial score (nSPS) is 15.9. The molecule has 10 heterocycles. The van der Waals surface area contributed by atoms with E-state index >= 15 is 9.59 Å². The van der Waals surface area contributed by atoms with Crippen LogP contribution in [0.5, 0.6) is 0 Å². The number of ether oxygens (including phenoxy) is 1. The molecule has 27 nitrogen and oxygen atoms in total. The number of hydrogen-bond donors (Lipinski definition) is 7. The van der Waals surface area contributed by atoms with Crippen LogP contribution < -0.4 is 31.5 Å². The Morgan fingerprint density at radius 1 is 0.564 bits per heavy atom. The lowest BCUT2D eigenvalue weighted by Crippen LogP contribution is -2.66. The Morgan fingerprint density at radius 2 is 1.09 bits per heavy atom. The third-order valence-electron chi connectivity index (χ3n) is 18.7. The maximum Gasteiger partial charge on any atom is 0.229 e. The number of benzene rings is 5. The van der Waals surface area contributed by atoms with Crippen LogP contribution in [-0.4, -0.2) is 158 Å². The van der Waals surface area contributed by atoms with Crippen LogP contribution in [0.2, 0.25) is 0 Å². The van der Waals surface area contributed by atoms with Gasteiger partial charge in [0.15, 0.2) is 59.9 Å². The summed E-state index contributed by atoms with van der Waals surface area (Å²) in [6, 6.07) is 39.8. The molecule has 0 bridgehead atoms. The highest BCUT2D eigenvalue weighted by Crippen LogP contribution is 2.38. The summed E-state index contributed by atoms with van der Waals surface area (Å²) in [5.41, 5.74) is 8.61. The molecule has 0 amide bonds. The lowest BCUT2D eigenvalue weighted by Gasteiger charge is -2.42. The molecule has 4 aliphatic rings. The van der Waals surface area contributed by atoms with Gasteiger partial charge >= 0.3 is 0 Å². The minimum atomic E-state index is -2.34. The van der Waals surface area contributed by atoms with Crippen molar-refractivity contribution in [3.63, 3.8) is 0 Å². The van der Waals surface area contributed by atoms with Crippen molar-refractivity contribution in [3.05, 3.63) is 205 Å². The van der Waals surface area contributed by atoms with Gasteiger partial charge in [-0.15, -0.1) is 0 Å². The van der Waals surface area contributed by atoms with Crippen molar-refractivity contribution in [1.82, 2.24) is 59.6 Å². The largest absolute Gasteiger partial charge is 0.444 e. The Balaban J connectivity index is 0.760. The van der Waals surface area contributed by atoms with Gasteiger partial charge in [-0.2, -0.15) is 15.0 Å². The number of aromatic nitrogens is 9. The van der Waals surface area contributed by atoms with Crippen LogP contribution in [0.25, 0.3) is 34.0 Å². The van der Waals surface area contributed by atoms with Gasteiger partial charge in [0.2, 0.25) is 17.8 Å². The van der Waals surface area contributed by atoms with Crippen molar-refractivity contribution in [3.8, 4) is 34.0 Å². The first-order chi connectivity index (χ1) is 49.6. The van der Waals surface area contributed by atoms with Gasteiger partial charge in [-0.3, -0.25) is 24.3 Å². The number of aliphatic hydroxyl groups is 2. The van der Waals surface area contributed by atoms with Crippen LogP contribution in [0, 0.1) is 0 Å². The summed E-state index contributed by atoms with van der Waals surface area (Å²) in [4.78, 5) is 97.3. The Hall–Kier alpha value is -11.5. The lowest BCUT2D eigenvalue weighted by atomic mass is 9.84. The standard InChI is InChI=1S/C74H72N18O9/c93-30-29-92(55-8-2-1-3-9-55)70-59-38-90(27-24-62(59)85-73(88-70)82-53-21-15-50(16-22-53)65-36-77-46-101-65)41-67(97)74(43-95,91-28-25-61-58(39-91)69(79-54-7-4-6-47(32-54)42-94)87-72(84-61)81-52-19-13-49(14-20-52)64-35-76-45-100-64)66(96)40-89-26-23-60-57(37-89)68(78-33-56-10-5-31-98-56)86-71(83-60)80-51-17-11-48(12-18-51)63-34-75-44-99-63/h1-4,6-9,11-22,32,34-36,43-46,56,93-94H,5,10,23-31,33,37-42H2,(H,82,85,88)(H2,78,80,83,86)(H2,79,81,84,87). The van der Waals surface area contributed by atoms with Crippen LogP contribution in [0.1, 0.15) is 52.2 Å². The minimum absolute atomic E-state index is 0.0272. The summed E-state index contributed by atoms with van der Waals surface area (Å²) in [6.45, 7) is 1.43. The first kappa shape index (κ1) is 65.5. The van der Waals surface area contributed by atoms with E-state index < -0.39 is 17.1 Å². The summed E-state index contributed by atoms with van der Waals surface area (Å²) in [7, 11) is 0. The highest BCUT2D eigenvalue weighted by atomic mass is 16.5. The van der Waals surface area contributed by atoms with Crippen LogP contribution in [-0.2, 0) is 64.6 Å². The number of fused-ring (bicyclic) bond motifs is 3. The molecule has 0 radical (unpaired) electrons. The Labute approximate surface area is 580 Å². The summed E-state index contributed by atoms with van der Waals surface area (Å²) in [5, 5.41) is 38.1. The fourth-order valence-electron chi connectivity index (χ4n) is 13.5. The summed E-state index contributed by atoms with van der Waals surface area (Å²) in [6.07, 6.45) is 12.5. The van der Waals surface area contributed by atoms with Crippen LogP contribution in [0.4, 0.5) is 63.7 Å². The zero-order valence-electron chi connectivity index (χ0n) is 55.0. The number of carbonyl (C=O) groups excluding carboxylic acids is 3. The number of nitrogens with one attached hydrogen (secondary N) is 5. The van der Waals surface area contributed by atoms with Gasteiger partial charge in [-0.05, 0) is 115 Å². The minimum Gasteiger partial charge on any atom is -0.444 e. The maximum atomic E-state index is 16.2. The second-order valence-corrected chi connectivity index (χ2v) is 25.2. The van der Waals surface area contributed by atoms with E-state index in [0.29, 0.717) is 126 Å². The zero-order chi connectivity index (χ0) is 68.7. The third-order valence-corrected chi connectivity index (χ3v) is 18.7. The van der Waals surface area contributed by atoms with Gasteiger partial charge in [0.05, 0.1) is 68.1 Å². The highest BCUT2D eigenvalue weighted by Gasteiger charge is 2.52. The van der Waals surface area contributed by atoms with E-state index in [1.807, 2.05) is 142 Å². The van der Waals surface area contributed by atoms with Gasteiger partial charge in [-0.1, -0.05) is 30.3 Å². The fourth-order valence-corrected chi connectivity index (χ4v) is 13.5. The quantitative estimate of drug-likeness (QED) is 0.0186. The average molecular weight is 1360 g/mol. The number of oxazole rings is 3. The smallest absolute Gasteiger partial charge is 0.229 e. The number of carbonyl (C=O) groups is 3. The Kier molecular flexibility index (Phi) is 19.2. The molecule has 512 valence electrons. The van der Waals surface area contributed by atoms with Crippen molar-refractivity contribution >= 4 is 81.6 Å². The molecule has 11 aromatic rings. The van der Waals surface area contributed by atoms with Crippen molar-refractivity contribution in [1.29, 1.82) is 0 Å². The van der Waals surface area contributed by atoms with Crippen molar-refractivity contribution in [2.75, 3.05) is 90.5 Å². The predicted octanol–water partition coefficient (Wildman–Crippen LogP) is 9.76. The molecular weight excluding hydrogens is 1280 g/mol. The number of anilines is 11. The highest BCUT2D eigenvalue weighted by molar-refractivity contribution is 6.25. The number of nitrogens with zero attached hydrogens (tertiary/aromatic N) is 13. The number of rotatable bonds is 27. The first-order valence-electron chi connectivity index (χ1n) is 33.6. The molecule has 0 saturated carbocycles. The molecule has 2 unspecified atom stereocenters. The molecule has 15 rings (SSSR count). The predicted molar refractivity (Wildman–Crippen MR) is 376 cm³/mol. The fraction of sp³-hybridized carbons (Fsp3) is 0.270. The van der Waals surface area contributed by atoms with E-state index in [1.54, 1.807) is 23.5 Å². The number of hydrogen-bond acceptors (Lipinski definition) is 27. The zero-order valence-corrected chi connectivity index (χ0v) is 55.0. The molecule has 4 aliphatic heterocycles. The number of aldehydes is 1. The molecule has 0 spiro atoms. The lowest BCUT2D eigenvalue weighted by molar-refractivity contribution is -0.150. The third kappa shape index (κ3) is 14.4. The Morgan fingerprint density at radius 3 is 1.60 bits per heavy atom. The molecule has 1 saturated heterocycles. The SMILES string of the molecule is O=CC(C(=O)CN1CCc2nc(Nc3ccc(-c4cnco4)cc3)nc(NCC3CCCO3)c2C1)(C(=O)CN1CCc2nc(Nc3ccc(-c4cnco4)cc3)nc(N(CCO)c3ccccc3)c2C1)N1CCc2nc(Nc3ccc(-c4cnco4)cc3)nc(Nc3cccc(CO)c3)c2C1. The van der Waals surface area contributed by atoms with E-state index in [-0.39, 0.29) is 77.5 Å². The van der Waals surface area contributed by atoms with E-state index in [1.165, 1.54) is 19.2 Å². The average Bonchev–Trinajstić information content (AvgIpc) is 1.06. The molecule has 2 atom stereocenters. The van der Waals surface area contributed by atoms with Crippen LogP contribution >= 0.6 is 0 Å². The molecule has 1 fully saturated rings.